The predicted octanol–water partition coefficient (Wildman–Crippen LogP) is 3.49. The second-order valence-corrected chi connectivity index (χ2v) is 6.46. The minimum atomic E-state index is -0.358. The second kappa shape index (κ2) is 7.25. The van der Waals surface area contributed by atoms with E-state index in [9.17, 15) is 14.3 Å². The van der Waals surface area contributed by atoms with Gasteiger partial charge in [-0.05, 0) is 35.4 Å². The third-order valence-corrected chi connectivity index (χ3v) is 4.70. The molecule has 0 bridgehead atoms. The maximum Gasteiger partial charge on any atom is 0.277 e. The van der Waals surface area contributed by atoms with Gasteiger partial charge in [-0.15, -0.1) is 0 Å². The van der Waals surface area contributed by atoms with Crippen molar-refractivity contribution in [3.8, 4) is 11.3 Å². The van der Waals surface area contributed by atoms with Gasteiger partial charge in [0.15, 0.2) is 0 Å². The van der Waals surface area contributed by atoms with Crippen molar-refractivity contribution < 1.29 is 9.50 Å². The maximum absolute atomic E-state index is 13.2. The van der Waals surface area contributed by atoms with Gasteiger partial charge >= 0.3 is 0 Å². The fourth-order valence-electron chi connectivity index (χ4n) is 3.22. The predicted molar refractivity (Wildman–Crippen MR) is 106 cm³/mol. The molecule has 2 aromatic heterocycles. The highest BCUT2D eigenvalue weighted by molar-refractivity contribution is 5.72. The molecule has 1 N–H and O–H groups in total. The van der Waals surface area contributed by atoms with E-state index in [1.54, 1.807) is 35.2 Å². The van der Waals surface area contributed by atoms with Crippen LogP contribution in [0.1, 0.15) is 16.7 Å². The Morgan fingerprint density at radius 2 is 1.79 bits per heavy atom. The maximum atomic E-state index is 13.2. The molecule has 0 unspecified atom stereocenters. The van der Waals surface area contributed by atoms with Crippen LogP contribution >= 0.6 is 0 Å². The molecule has 0 radical (unpaired) electrons. The molecule has 0 aliphatic rings. The van der Waals surface area contributed by atoms with Crippen LogP contribution in [0.4, 0.5) is 4.39 Å². The van der Waals surface area contributed by atoms with E-state index in [-0.39, 0.29) is 18.0 Å². The SMILES string of the molecule is C=Cc1ccc(Cn2ccn3nc(-c4ccc(F)cc4)c(CO)c3c2=O)cc1. The molecule has 0 spiro atoms. The quantitative estimate of drug-likeness (QED) is 0.581. The third kappa shape index (κ3) is 3.14. The van der Waals surface area contributed by atoms with Crippen molar-refractivity contribution in [1.82, 2.24) is 14.2 Å². The van der Waals surface area contributed by atoms with Crippen molar-refractivity contribution in [2.75, 3.05) is 0 Å². The number of halogens is 1. The van der Waals surface area contributed by atoms with E-state index in [4.69, 9.17) is 0 Å². The summed E-state index contributed by atoms with van der Waals surface area (Å²) in [6.07, 6.45) is 5.11. The topological polar surface area (TPSA) is 59.5 Å². The molecule has 0 fully saturated rings. The summed E-state index contributed by atoms with van der Waals surface area (Å²) < 4.78 is 16.3. The molecule has 0 aliphatic heterocycles. The Kier molecular flexibility index (Phi) is 4.63. The summed E-state index contributed by atoms with van der Waals surface area (Å²) >= 11 is 0. The van der Waals surface area contributed by atoms with E-state index in [1.807, 2.05) is 24.3 Å². The van der Waals surface area contributed by atoms with Gasteiger partial charge in [-0.3, -0.25) is 4.79 Å². The first-order valence-electron chi connectivity index (χ1n) is 8.79. The molecule has 4 rings (SSSR count). The molecular weight excluding hydrogens is 357 g/mol. The zero-order valence-corrected chi connectivity index (χ0v) is 15.0. The van der Waals surface area contributed by atoms with Crippen molar-refractivity contribution in [2.24, 2.45) is 0 Å². The van der Waals surface area contributed by atoms with Gasteiger partial charge in [0, 0.05) is 23.5 Å². The number of benzene rings is 2. The van der Waals surface area contributed by atoms with Gasteiger partial charge in [-0.25, -0.2) is 8.91 Å². The van der Waals surface area contributed by atoms with Gasteiger partial charge in [-0.2, -0.15) is 5.10 Å². The fraction of sp³-hybridized carbons (Fsp3) is 0.0909. The zero-order chi connectivity index (χ0) is 19.7. The summed E-state index contributed by atoms with van der Waals surface area (Å²) in [4.78, 5) is 13.0. The number of aromatic nitrogens is 3. The molecule has 5 nitrogen and oxygen atoms in total. The van der Waals surface area contributed by atoms with Gasteiger partial charge in [-0.1, -0.05) is 36.9 Å². The standard InChI is InChI=1S/C22H18FN3O2/c1-2-15-3-5-16(6-4-15)13-25-11-12-26-21(22(25)28)19(14-27)20(24-26)17-7-9-18(23)10-8-17/h2-12,27H,1,13-14H2. The van der Waals surface area contributed by atoms with Crippen LogP contribution < -0.4 is 5.56 Å². The molecule has 28 heavy (non-hydrogen) atoms. The lowest BCUT2D eigenvalue weighted by Crippen LogP contribution is -2.22. The first kappa shape index (κ1) is 17.9. The van der Waals surface area contributed by atoms with E-state index in [1.165, 1.54) is 16.6 Å². The Hall–Kier alpha value is -3.51. The van der Waals surface area contributed by atoms with Crippen molar-refractivity contribution in [3.63, 3.8) is 0 Å². The second-order valence-electron chi connectivity index (χ2n) is 6.46. The van der Waals surface area contributed by atoms with Crippen LogP contribution in [0.5, 0.6) is 0 Å². The summed E-state index contributed by atoms with van der Waals surface area (Å²) in [5, 5.41) is 14.3. The van der Waals surface area contributed by atoms with Gasteiger partial charge < -0.3 is 9.67 Å². The van der Waals surface area contributed by atoms with Crippen LogP contribution in [0.15, 0.2) is 72.3 Å². The van der Waals surface area contributed by atoms with Crippen LogP contribution in [0.25, 0.3) is 22.9 Å². The van der Waals surface area contributed by atoms with Crippen LogP contribution in [-0.2, 0) is 13.2 Å². The minimum absolute atomic E-state index is 0.250. The van der Waals surface area contributed by atoms with Crippen LogP contribution in [0.3, 0.4) is 0 Å². The number of rotatable bonds is 5. The molecular formula is C22H18FN3O2. The molecule has 0 aliphatic carbocycles. The van der Waals surface area contributed by atoms with Crippen LogP contribution in [0.2, 0.25) is 0 Å². The number of hydrogen-bond acceptors (Lipinski definition) is 3. The van der Waals surface area contributed by atoms with E-state index < -0.39 is 0 Å². The number of hydrogen-bond donors (Lipinski definition) is 1. The van der Waals surface area contributed by atoms with Gasteiger partial charge in [0.2, 0.25) is 0 Å². The molecule has 0 amide bonds. The van der Waals surface area contributed by atoms with Crippen LogP contribution in [0, 0.1) is 5.82 Å². The smallest absolute Gasteiger partial charge is 0.277 e. The monoisotopic (exact) mass is 375 g/mol. The third-order valence-electron chi connectivity index (χ3n) is 4.70. The lowest BCUT2D eigenvalue weighted by atomic mass is 10.1. The lowest BCUT2D eigenvalue weighted by molar-refractivity contribution is 0.283. The fourth-order valence-corrected chi connectivity index (χ4v) is 3.22. The Balaban J connectivity index is 1.80. The average Bonchev–Trinajstić information content (AvgIpc) is 3.10. The molecule has 0 atom stereocenters. The van der Waals surface area contributed by atoms with Gasteiger partial charge in [0.1, 0.15) is 11.3 Å². The van der Waals surface area contributed by atoms with Crippen molar-refractivity contribution in [3.05, 3.63) is 100 Å². The Bertz CT molecular complexity index is 1210. The number of fused-ring (bicyclic) bond motifs is 1. The highest BCUT2D eigenvalue weighted by atomic mass is 19.1. The Labute approximate surface area is 160 Å². The normalized spacial score (nSPS) is 11.1. The zero-order valence-electron chi connectivity index (χ0n) is 15.0. The largest absolute Gasteiger partial charge is 0.392 e. The Morgan fingerprint density at radius 1 is 1.07 bits per heavy atom. The molecule has 0 saturated heterocycles. The average molecular weight is 375 g/mol. The molecule has 2 aromatic carbocycles. The minimum Gasteiger partial charge on any atom is -0.392 e. The van der Waals surface area contributed by atoms with E-state index >= 15 is 0 Å². The van der Waals surface area contributed by atoms with Crippen molar-refractivity contribution in [1.29, 1.82) is 0 Å². The number of nitrogens with zero attached hydrogens (tertiary/aromatic N) is 3. The van der Waals surface area contributed by atoms with E-state index in [0.29, 0.717) is 28.9 Å². The van der Waals surface area contributed by atoms with Crippen molar-refractivity contribution >= 4 is 11.6 Å². The summed E-state index contributed by atoms with van der Waals surface area (Å²) in [6, 6.07) is 13.6. The lowest BCUT2D eigenvalue weighted by Gasteiger charge is -2.07. The van der Waals surface area contributed by atoms with Gasteiger partial charge in [0.05, 0.1) is 18.8 Å². The number of aliphatic hydroxyl groups is 1. The molecule has 2 heterocycles. The first-order valence-corrected chi connectivity index (χ1v) is 8.79. The van der Waals surface area contributed by atoms with Crippen LogP contribution in [-0.4, -0.2) is 19.3 Å². The summed E-state index contributed by atoms with van der Waals surface area (Å²) in [5.41, 5.74) is 3.57. The van der Waals surface area contributed by atoms with E-state index in [0.717, 1.165) is 11.1 Å². The van der Waals surface area contributed by atoms with E-state index in [2.05, 4.69) is 11.7 Å². The summed E-state index contributed by atoms with van der Waals surface area (Å²) in [5.74, 6) is -0.358. The van der Waals surface area contributed by atoms with Crippen molar-refractivity contribution in [2.45, 2.75) is 13.2 Å². The first-order chi connectivity index (χ1) is 13.6. The molecule has 140 valence electrons. The highest BCUT2D eigenvalue weighted by Crippen LogP contribution is 2.25. The summed E-state index contributed by atoms with van der Waals surface area (Å²) in [6.45, 7) is 3.79. The molecule has 0 saturated carbocycles. The summed E-state index contributed by atoms with van der Waals surface area (Å²) in [7, 11) is 0. The Morgan fingerprint density at radius 3 is 2.43 bits per heavy atom. The number of aliphatic hydroxyl groups excluding tert-OH is 1. The highest BCUT2D eigenvalue weighted by Gasteiger charge is 2.17. The molecule has 6 heteroatoms. The molecule has 4 aromatic rings. The van der Waals surface area contributed by atoms with Gasteiger partial charge in [0.25, 0.3) is 5.56 Å².